The Morgan fingerprint density at radius 1 is 1.29 bits per heavy atom. The lowest BCUT2D eigenvalue weighted by Gasteiger charge is -2.11. The Labute approximate surface area is 124 Å². The van der Waals surface area contributed by atoms with E-state index in [2.05, 4.69) is 22.7 Å². The second-order valence-corrected chi connectivity index (χ2v) is 4.89. The number of hydrogen-bond donors (Lipinski definition) is 3. The number of aromatic nitrogens is 1. The van der Waals surface area contributed by atoms with E-state index < -0.39 is 0 Å². The molecule has 2 rings (SSSR count). The van der Waals surface area contributed by atoms with E-state index in [1.165, 1.54) is 0 Å². The second-order valence-electron chi connectivity index (χ2n) is 4.89. The lowest BCUT2D eigenvalue weighted by atomic mass is 10.1. The van der Waals surface area contributed by atoms with Gasteiger partial charge in [-0.2, -0.15) is 0 Å². The van der Waals surface area contributed by atoms with Gasteiger partial charge >= 0.3 is 0 Å². The van der Waals surface area contributed by atoms with Crippen molar-refractivity contribution < 1.29 is 4.79 Å². The molecule has 0 saturated heterocycles. The Morgan fingerprint density at radius 3 is 2.76 bits per heavy atom. The quantitative estimate of drug-likeness (QED) is 0.582. The van der Waals surface area contributed by atoms with Crippen LogP contribution in [0.4, 0.5) is 11.5 Å². The number of pyridine rings is 1. The van der Waals surface area contributed by atoms with Crippen LogP contribution in [0.2, 0.25) is 0 Å². The Kier molecular flexibility index (Phi) is 4.90. The molecule has 21 heavy (non-hydrogen) atoms. The van der Waals surface area contributed by atoms with E-state index >= 15 is 0 Å². The summed E-state index contributed by atoms with van der Waals surface area (Å²) in [5.41, 5.74) is 5.71. The van der Waals surface area contributed by atoms with Crippen molar-refractivity contribution in [3.8, 4) is 0 Å². The van der Waals surface area contributed by atoms with Crippen LogP contribution in [0.25, 0.3) is 0 Å². The molecule has 0 aliphatic heterocycles. The fraction of sp³-hybridized carbons (Fsp3) is 0.250. The van der Waals surface area contributed by atoms with E-state index in [4.69, 9.17) is 5.84 Å². The fourth-order valence-electron chi connectivity index (χ4n) is 2.20. The van der Waals surface area contributed by atoms with Gasteiger partial charge in [-0.1, -0.05) is 31.5 Å². The summed E-state index contributed by atoms with van der Waals surface area (Å²) in [5.74, 6) is 5.67. The molecule has 4 N–H and O–H groups in total. The number of anilines is 2. The number of amides is 1. The maximum absolute atomic E-state index is 12.4. The van der Waals surface area contributed by atoms with Crippen LogP contribution in [0, 0.1) is 6.92 Å². The Bertz CT molecular complexity index is 640. The lowest BCUT2D eigenvalue weighted by molar-refractivity contribution is 0.102. The van der Waals surface area contributed by atoms with Crippen molar-refractivity contribution in [1.29, 1.82) is 0 Å². The molecule has 2 aromatic rings. The summed E-state index contributed by atoms with van der Waals surface area (Å²) in [4.78, 5) is 16.6. The number of hydrazine groups is 1. The average molecular weight is 284 g/mol. The van der Waals surface area contributed by atoms with Gasteiger partial charge in [0, 0.05) is 16.9 Å². The first-order valence-electron chi connectivity index (χ1n) is 6.98. The molecule has 0 unspecified atom stereocenters. The number of nitrogens with two attached hydrogens (primary N) is 1. The first kappa shape index (κ1) is 15.0. The molecule has 0 aliphatic carbocycles. The molecule has 0 saturated carbocycles. The Morgan fingerprint density at radius 2 is 2.05 bits per heavy atom. The summed E-state index contributed by atoms with van der Waals surface area (Å²) in [5, 5.41) is 2.95. The molecular weight excluding hydrogens is 264 g/mol. The van der Waals surface area contributed by atoms with Gasteiger partial charge in [0.2, 0.25) is 0 Å². The number of nitrogens with zero attached hydrogens (tertiary/aromatic N) is 1. The highest BCUT2D eigenvalue weighted by molar-refractivity contribution is 6.05. The monoisotopic (exact) mass is 284 g/mol. The van der Waals surface area contributed by atoms with E-state index in [1.807, 2.05) is 31.2 Å². The summed E-state index contributed by atoms with van der Waals surface area (Å²) >= 11 is 0. The molecule has 110 valence electrons. The summed E-state index contributed by atoms with van der Waals surface area (Å²) in [6.45, 7) is 3.94. The molecule has 0 atom stereocenters. The van der Waals surface area contributed by atoms with Crippen LogP contribution in [-0.2, 0) is 6.42 Å². The maximum atomic E-state index is 12.4. The molecule has 0 radical (unpaired) electrons. The van der Waals surface area contributed by atoms with Crippen LogP contribution in [0.15, 0.2) is 36.4 Å². The number of aryl methyl sites for hydroxylation is 2. The van der Waals surface area contributed by atoms with Crippen LogP contribution >= 0.6 is 0 Å². The van der Waals surface area contributed by atoms with E-state index in [-0.39, 0.29) is 5.91 Å². The third-order valence-electron chi connectivity index (χ3n) is 3.15. The van der Waals surface area contributed by atoms with Gasteiger partial charge in [-0.05, 0) is 37.1 Å². The highest BCUT2D eigenvalue weighted by atomic mass is 16.1. The number of para-hydroxylation sites is 1. The molecule has 0 fully saturated rings. The van der Waals surface area contributed by atoms with Gasteiger partial charge in [-0.15, -0.1) is 0 Å². The number of benzene rings is 1. The summed E-state index contributed by atoms with van der Waals surface area (Å²) in [7, 11) is 0. The van der Waals surface area contributed by atoms with Gasteiger partial charge in [0.25, 0.3) is 5.91 Å². The largest absolute Gasteiger partial charge is 0.322 e. The number of hydrogen-bond acceptors (Lipinski definition) is 4. The standard InChI is InChI=1S/C16H20N4O/c1-3-6-12-7-4-5-8-14(12)19-16(21)13-9-11(2)18-15(10-13)20-17/h4-5,7-10H,3,6,17H2,1-2H3,(H,18,20)(H,19,21). The van der Waals surface area contributed by atoms with E-state index in [9.17, 15) is 4.79 Å². The zero-order valence-corrected chi connectivity index (χ0v) is 12.3. The Hall–Kier alpha value is -2.40. The second kappa shape index (κ2) is 6.85. The van der Waals surface area contributed by atoms with Crippen molar-refractivity contribution in [2.45, 2.75) is 26.7 Å². The summed E-state index contributed by atoms with van der Waals surface area (Å²) < 4.78 is 0. The maximum Gasteiger partial charge on any atom is 0.255 e. The van der Waals surface area contributed by atoms with E-state index in [1.54, 1.807) is 12.1 Å². The van der Waals surface area contributed by atoms with Crippen LogP contribution in [0.5, 0.6) is 0 Å². The molecule has 5 heteroatoms. The minimum Gasteiger partial charge on any atom is -0.322 e. The minimum atomic E-state index is -0.166. The number of rotatable bonds is 5. The van der Waals surface area contributed by atoms with Crippen LogP contribution in [0.1, 0.15) is 35.0 Å². The number of carbonyl (C=O) groups is 1. The van der Waals surface area contributed by atoms with E-state index in [0.717, 1.165) is 29.8 Å². The number of carbonyl (C=O) groups excluding carboxylic acids is 1. The highest BCUT2D eigenvalue weighted by Gasteiger charge is 2.10. The molecule has 5 nitrogen and oxygen atoms in total. The first-order valence-corrected chi connectivity index (χ1v) is 6.98. The topological polar surface area (TPSA) is 80.0 Å². The minimum absolute atomic E-state index is 0.166. The van der Waals surface area contributed by atoms with Crippen molar-refractivity contribution in [2.75, 3.05) is 10.7 Å². The van der Waals surface area contributed by atoms with Crippen LogP contribution < -0.4 is 16.6 Å². The van der Waals surface area contributed by atoms with Gasteiger partial charge in [-0.3, -0.25) is 4.79 Å². The third kappa shape index (κ3) is 3.79. The lowest BCUT2D eigenvalue weighted by Crippen LogP contribution is -2.16. The molecule has 1 aromatic carbocycles. The van der Waals surface area contributed by atoms with Gasteiger partial charge in [0.1, 0.15) is 5.82 Å². The van der Waals surface area contributed by atoms with Crippen LogP contribution in [-0.4, -0.2) is 10.9 Å². The highest BCUT2D eigenvalue weighted by Crippen LogP contribution is 2.18. The Balaban J connectivity index is 2.24. The van der Waals surface area contributed by atoms with Gasteiger partial charge < -0.3 is 10.7 Å². The first-order chi connectivity index (χ1) is 10.1. The molecule has 0 bridgehead atoms. The van der Waals surface area contributed by atoms with Crippen LogP contribution in [0.3, 0.4) is 0 Å². The van der Waals surface area contributed by atoms with E-state index in [0.29, 0.717) is 11.4 Å². The van der Waals surface area contributed by atoms with Crippen molar-refractivity contribution in [1.82, 2.24) is 4.98 Å². The summed E-state index contributed by atoms with van der Waals surface area (Å²) in [6, 6.07) is 11.2. The predicted octanol–water partition coefficient (Wildman–Crippen LogP) is 2.88. The zero-order valence-electron chi connectivity index (χ0n) is 12.3. The van der Waals surface area contributed by atoms with Crippen molar-refractivity contribution in [3.05, 3.63) is 53.2 Å². The smallest absolute Gasteiger partial charge is 0.255 e. The van der Waals surface area contributed by atoms with Crippen molar-refractivity contribution in [3.63, 3.8) is 0 Å². The fourth-order valence-corrected chi connectivity index (χ4v) is 2.20. The molecule has 1 aromatic heterocycles. The van der Waals surface area contributed by atoms with Gasteiger partial charge in [0.05, 0.1) is 0 Å². The average Bonchev–Trinajstić information content (AvgIpc) is 2.48. The van der Waals surface area contributed by atoms with Crippen molar-refractivity contribution >= 4 is 17.4 Å². The van der Waals surface area contributed by atoms with Gasteiger partial charge in [0.15, 0.2) is 0 Å². The molecule has 1 heterocycles. The normalized spacial score (nSPS) is 10.2. The van der Waals surface area contributed by atoms with Crippen molar-refractivity contribution in [2.24, 2.45) is 5.84 Å². The third-order valence-corrected chi connectivity index (χ3v) is 3.15. The predicted molar refractivity (Wildman–Crippen MR) is 85.2 cm³/mol. The molecule has 0 aliphatic rings. The molecule has 1 amide bonds. The zero-order chi connectivity index (χ0) is 15.2. The molecular formula is C16H20N4O. The molecule has 0 spiro atoms. The number of nitrogens with one attached hydrogen (secondary N) is 2. The summed E-state index contributed by atoms with van der Waals surface area (Å²) in [6.07, 6.45) is 1.96. The SMILES string of the molecule is CCCc1ccccc1NC(=O)c1cc(C)nc(NN)c1. The van der Waals surface area contributed by atoms with Gasteiger partial charge in [-0.25, -0.2) is 10.8 Å². The number of nitrogen functional groups attached to an aromatic ring is 1.